The number of halogens is 1. The van der Waals surface area contributed by atoms with E-state index in [1.807, 2.05) is 36.4 Å². The van der Waals surface area contributed by atoms with Crippen LogP contribution in [0, 0.1) is 5.92 Å². The van der Waals surface area contributed by atoms with Crippen LogP contribution in [-0.4, -0.2) is 19.6 Å². The molecule has 1 aliphatic rings. The van der Waals surface area contributed by atoms with Crippen molar-refractivity contribution in [3.8, 4) is 10.4 Å². The Morgan fingerprint density at radius 2 is 1.86 bits per heavy atom. The van der Waals surface area contributed by atoms with Gasteiger partial charge in [-0.25, -0.2) is 13.1 Å². The highest BCUT2D eigenvalue weighted by atomic mass is 35.5. The predicted octanol–water partition coefficient (Wildman–Crippen LogP) is 4.64. The molecule has 146 valence electrons. The van der Waals surface area contributed by atoms with E-state index >= 15 is 0 Å². The fourth-order valence-electron chi connectivity index (χ4n) is 3.54. The van der Waals surface area contributed by atoms with Crippen LogP contribution in [0.1, 0.15) is 24.0 Å². The minimum Gasteiger partial charge on any atom is -0.392 e. The van der Waals surface area contributed by atoms with Crippen LogP contribution in [0.2, 0.25) is 5.02 Å². The normalized spacial score (nSPS) is 21.6. The minimum atomic E-state index is -3.59. The summed E-state index contributed by atoms with van der Waals surface area (Å²) in [6.45, 7) is 1.90. The molecule has 1 fully saturated rings. The molecule has 0 aliphatic heterocycles. The monoisotopic (exact) mass is 433 g/mol. The summed E-state index contributed by atoms with van der Waals surface area (Å²) in [4.78, 5) is 0.815. The number of aliphatic hydroxyl groups excluding tert-OH is 1. The third-order valence-electron chi connectivity index (χ3n) is 5.20. The topological polar surface area (TPSA) is 66.4 Å². The van der Waals surface area contributed by atoms with Crippen molar-refractivity contribution in [2.24, 2.45) is 5.92 Å². The zero-order chi connectivity index (χ0) is 19.9. The number of thiophene rings is 1. The number of nitrogens with one attached hydrogen (secondary N) is 1. The third kappa shape index (κ3) is 3.75. The molecule has 2 N–H and O–H groups in total. The maximum absolute atomic E-state index is 12.9. The number of rotatable bonds is 6. The number of aliphatic hydroxyl groups is 1. The Balaban J connectivity index is 1.53. The van der Waals surface area contributed by atoms with Gasteiger partial charge in [0.2, 0.25) is 10.0 Å². The van der Waals surface area contributed by atoms with Gasteiger partial charge in [0.05, 0.1) is 6.61 Å². The molecule has 0 bridgehead atoms. The lowest BCUT2D eigenvalue weighted by atomic mass is 10.1. The molecule has 1 aliphatic carbocycles. The Kier molecular flexibility index (Phi) is 5.33. The summed E-state index contributed by atoms with van der Waals surface area (Å²) in [5, 5.41) is 9.88. The molecular weight excluding hydrogens is 414 g/mol. The molecule has 1 saturated carbocycles. The zero-order valence-electron chi connectivity index (χ0n) is 15.2. The van der Waals surface area contributed by atoms with Crippen molar-refractivity contribution in [2.45, 2.75) is 29.7 Å². The Morgan fingerprint density at radius 1 is 1.11 bits per heavy atom. The molecule has 7 heteroatoms. The minimum absolute atomic E-state index is 0.0885. The first kappa shape index (κ1) is 19.6. The molecular formula is C21H20ClNO3S2. The van der Waals surface area contributed by atoms with Gasteiger partial charge in [0.15, 0.2) is 0 Å². The number of hydrogen-bond acceptors (Lipinski definition) is 4. The summed E-state index contributed by atoms with van der Waals surface area (Å²) in [6, 6.07) is 18.6. The quantitative estimate of drug-likeness (QED) is 0.595. The van der Waals surface area contributed by atoms with E-state index in [0.29, 0.717) is 10.6 Å². The maximum Gasteiger partial charge on any atom is 0.250 e. The molecule has 28 heavy (non-hydrogen) atoms. The van der Waals surface area contributed by atoms with Gasteiger partial charge in [0.1, 0.15) is 4.21 Å². The van der Waals surface area contributed by atoms with Crippen LogP contribution >= 0.6 is 22.9 Å². The zero-order valence-corrected chi connectivity index (χ0v) is 17.6. The van der Waals surface area contributed by atoms with E-state index in [0.717, 1.165) is 16.0 Å². The Morgan fingerprint density at radius 3 is 2.57 bits per heavy atom. The molecule has 2 aromatic carbocycles. The lowest BCUT2D eigenvalue weighted by Crippen LogP contribution is -2.27. The average molecular weight is 434 g/mol. The summed E-state index contributed by atoms with van der Waals surface area (Å²) in [5.74, 6) is 0.471. The molecule has 3 aromatic rings. The van der Waals surface area contributed by atoms with Gasteiger partial charge >= 0.3 is 0 Å². The largest absolute Gasteiger partial charge is 0.392 e. The molecule has 0 spiro atoms. The summed E-state index contributed by atoms with van der Waals surface area (Å²) >= 11 is 7.25. The fraction of sp³-hybridized carbons (Fsp3) is 0.238. The van der Waals surface area contributed by atoms with Gasteiger partial charge in [-0.05, 0) is 46.9 Å². The van der Waals surface area contributed by atoms with Crippen LogP contribution in [0.3, 0.4) is 0 Å². The van der Waals surface area contributed by atoms with Crippen LogP contribution < -0.4 is 4.72 Å². The summed E-state index contributed by atoms with van der Waals surface area (Å²) in [7, 11) is -3.59. The summed E-state index contributed by atoms with van der Waals surface area (Å²) in [5.41, 5.74) is 2.61. The summed E-state index contributed by atoms with van der Waals surface area (Å²) < 4.78 is 28.9. The van der Waals surface area contributed by atoms with Crippen molar-refractivity contribution in [2.75, 3.05) is 0 Å². The predicted molar refractivity (Wildman–Crippen MR) is 113 cm³/mol. The van der Waals surface area contributed by atoms with Gasteiger partial charge in [-0.15, -0.1) is 11.3 Å². The van der Waals surface area contributed by atoms with Crippen LogP contribution in [-0.2, 0) is 16.6 Å². The van der Waals surface area contributed by atoms with Crippen molar-refractivity contribution < 1.29 is 13.5 Å². The Labute approximate surface area is 173 Å². The second-order valence-electron chi connectivity index (χ2n) is 7.03. The first-order chi connectivity index (χ1) is 13.4. The van der Waals surface area contributed by atoms with Gasteiger partial charge in [0.25, 0.3) is 0 Å². The molecule has 0 amide bonds. The van der Waals surface area contributed by atoms with Crippen molar-refractivity contribution in [3.05, 3.63) is 76.8 Å². The van der Waals surface area contributed by atoms with Gasteiger partial charge in [-0.1, -0.05) is 54.9 Å². The number of benzene rings is 2. The second kappa shape index (κ2) is 7.61. The highest BCUT2D eigenvalue weighted by Gasteiger charge is 2.49. The number of sulfonamides is 1. The number of hydrogen-bond donors (Lipinski definition) is 2. The van der Waals surface area contributed by atoms with Crippen molar-refractivity contribution in [1.82, 2.24) is 4.72 Å². The standard InChI is InChI=1S/C21H20ClNO3S2/c1-13-20(14-5-3-2-4-6-14)21(13)23-28(25,26)19-10-9-18(27-19)15-7-8-17(22)16(11-15)12-24/h2-11,13,20-21,23-24H,12H2,1H3/t13-,20-,21+/m1/s1. The van der Waals surface area contributed by atoms with Crippen molar-refractivity contribution in [3.63, 3.8) is 0 Å². The van der Waals surface area contributed by atoms with E-state index in [-0.39, 0.29) is 28.7 Å². The highest BCUT2D eigenvalue weighted by molar-refractivity contribution is 7.91. The molecule has 0 saturated heterocycles. The molecule has 1 heterocycles. The Bertz CT molecular complexity index is 1100. The lowest BCUT2D eigenvalue weighted by Gasteiger charge is -2.05. The van der Waals surface area contributed by atoms with Crippen LogP contribution in [0.4, 0.5) is 0 Å². The van der Waals surface area contributed by atoms with Gasteiger partial charge < -0.3 is 5.11 Å². The smallest absolute Gasteiger partial charge is 0.250 e. The Hall–Kier alpha value is -1.70. The maximum atomic E-state index is 12.9. The van der Waals surface area contributed by atoms with Crippen molar-refractivity contribution >= 4 is 33.0 Å². The van der Waals surface area contributed by atoms with Gasteiger partial charge in [0, 0.05) is 21.9 Å². The van der Waals surface area contributed by atoms with Crippen LogP contribution in [0.25, 0.3) is 10.4 Å². The van der Waals surface area contributed by atoms with Crippen molar-refractivity contribution in [1.29, 1.82) is 0 Å². The third-order valence-corrected chi connectivity index (χ3v) is 8.66. The summed E-state index contributed by atoms with van der Waals surface area (Å²) in [6.07, 6.45) is 0. The first-order valence-corrected chi connectivity index (χ1v) is 11.7. The highest BCUT2D eigenvalue weighted by Crippen LogP contribution is 2.48. The van der Waals surface area contributed by atoms with E-state index < -0.39 is 10.0 Å². The van der Waals surface area contributed by atoms with E-state index in [4.69, 9.17) is 11.6 Å². The van der Waals surface area contributed by atoms with E-state index in [9.17, 15) is 13.5 Å². The van der Waals surface area contributed by atoms with Gasteiger partial charge in [-0.3, -0.25) is 0 Å². The van der Waals surface area contributed by atoms with Gasteiger partial charge in [-0.2, -0.15) is 0 Å². The molecule has 4 rings (SSSR count). The average Bonchev–Trinajstić information content (AvgIpc) is 3.09. The van der Waals surface area contributed by atoms with Crippen LogP contribution in [0.5, 0.6) is 0 Å². The fourth-order valence-corrected chi connectivity index (χ4v) is 6.38. The molecule has 0 unspecified atom stereocenters. The van der Waals surface area contributed by atoms with E-state index in [2.05, 4.69) is 11.6 Å². The van der Waals surface area contributed by atoms with Crippen LogP contribution in [0.15, 0.2) is 64.9 Å². The second-order valence-corrected chi connectivity index (χ2v) is 10.5. The molecule has 4 nitrogen and oxygen atoms in total. The van der Waals surface area contributed by atoms with E-state index in [1.165, 1.54) is 11.3 Å². The molecule has 3 atom stereocenters. The molecule has 1 aromatic heterocycles. The molecule has 0 radical (unpaired) electrons. The van der Waals surface area contributed by atoms with E-state index in [1.54, 1.807) is 24.3 Å². The SMILES string of the molecule is C[C@H]1[C@H](NS(=O)(=O)c2ccc(-c3ccc(Cl)c(CO)c3)s2)[C@H]1c1ccccc1. The lowest BCUT2D eigenvalue weighted by molar-refractivity contribution is 0.282. The first-order valence-electron chi connectivity index (χ1n) is 8.97.